The predicted octanol–water partition coefficient (Wildman–Crippen LogP) is 1.11. The Hall–Kier alpha value is -0.820. The van der Waals surface area contributed by atoms with Crippen molar-refractivity contribution in [1.82, 2.24) is 10.2 Å². The van der Waals surface area contributed by atoms with Crippen LogP contribution in [0.25, 0.3) is 0 Å². The number of hydrogen-bond acceptors (Lipinski definition) is 3. The van der Waals surface area contributed by atoms with E-state index in [1.54, 1.807) is 0 Å². The molecule has 3 N–H and O–H groups in total. The molecule has 0 spiro atoms. The molecule has 0 aliphatic carbocycles. The van der Waals surface area contributed by atoms with Gasteiger partial charge in [0, 0.05) is 13.5 Å². The monoisotopic (exact) mass is 281 g/mol. The Bertz CT molecular complexity index is 288. The van der Waals surface area contributed by atoms with Crippen molar-refractivity contribution in [3.63, 3.8) is 0 Å². The third-order valence-corrected chi connectivity index (χ3v) is 3.55. The molecule has 0 saturated carbocycles. The van der Waals surface area contributed by atoms with Gasteiger partial charge in [0.05, 0.1) is 0 Å². The van der Waals surface area contributed by atoms with Gasteiger partial charge in [-0.25, -0.2) is 0 Å². The van der Waals surface area contributed by atoms with Crippen LogP contribution in [-0.4, -0.2) is 49.2 Å². The second-order valence-corrected chi connectivity index (χ2v) is 5.05. The van der Waals surface area contributed by atoms with Crippen molar-refractivity contribution in [3.8, 4) is 0 Å². The maximum Gasteiger partial charge on any atom is 0.404 e. The molecule has 112 valence electrons. The fourth-order valence-electron chi connectivity index (χ4n) is 2.47. The zero-order valence-corrected chi connectivity index (χ0v) is 11.2. The summed E-state index contributed by atoms with van der Waals surface area (Å²) < 4.78 is 38.7. The van der Waals surface area contributed by atoms with Gasteiger partial charge < -0.3 is 11.1 Å². The van der Waals surface area contributed by atoms with E-state index in [-0.39, 0.29) is 24.8 Å². The summed E-state index contributed by atoms with van der Waals surface area (Å²) >= 11 is 0. The predicted molar refractivity (Wildman–Crippen MR) is 66.5 cm³/mol. The molecule has 4 nitrogen and oxygen atoms in total. The fourth-order valence-corrected chi connectivity index (χ4v) is 2.47. The van der Waals surface area contributed by atoms with Crippen molar-refractivity contribution in [2.24, 2.45) is 11.7 Å². The van der Waals surface area contributed by atoms with Crippen LogP contribution >= 0.6 is 0 Å². The summed E-state index contributed by atoms with van der Waals surface area (Å²) in [6, 6.07) is -1.43. The first-order chi connectivity index (χ1) is 8.84. The summed E-state index contributed by atoms with van der Waals surface area (Å²) in [7, 11) is 0. The molecule has 1 rings (SSSR count). The average molecular weight is 281 g/mol. The van der Waals surface area contributed by atoms with E-state index in [1.807, 2.05) is 0 Å². The van der Waals surface area contributed by atoms with Gasteiger partial charge in [-0.3, -0.25) is 9.69 Å². The molecule has 1 saturated heterocycles. The lowest BCUT2D eigenvalue weighted by atomic mass is 9.95. The molecule has 0 radical (unpaired) electrons. The Balaban J connectivity index is 2.44. The Morgan fingerprint density at radius 1 is 1.42 bits per heavy atom. The molecule has 1 aliphatic rings. The van der Waals surface area contributed by atoms with Crippen molar-refractivity contribution < 1.29 is 18.0 Å². The van der Waals surface area contributed by atoms with Gasteiger partial charge in [-0.15, -0.1) is 0 Å². The van der Waals surface area contributed by atoms with Crippen LogP contribution in [0.4, 0.5) is 13.2 Å². The molecule has 1 fully saturated rings. The van der Waals surface area contributed by atoms with Gasteiger partial charge in [0.15, 0.2) is 0 Å². The number of nitrogens with zero attached hydrogens (tertiary/aromatic N) is 1. The van der Waals surface area contributed by atoms with Crippen molar-refractivity contribution >= 4 is 5.91 Å². The summed E-state index contributed by atoms with van der Waals surface area (Å²) in [5, 5.41) is 2.72. The van der Waals surface area contributed by atoms with Gasteiger partial charge in [0.25, 0.3) is 0 Å². The summed E-state index contributed by atoms with van der Waals surface area (Å²) in [5.41, 5.74) is 5.27. The Kier molecular flexibility index (Phi) is 6.06. The van der Waals surface area contributed by atoms with Gasteiger partial charge in [0.2, 0.25) is 5.91 Å². The Morgan fingerprint density at radius 2 is 2.00 bits per heavy atom. The summed E-state index contributed by atoms with van der Waals surface area (Å²) in [4.78, 5) is 12.3. The summed E-state index contributed by atoms with van der Waals surface area (Å²) in [6.45, 7) is 2.85. The van der Waals surface area contributed by atoms with Gasteiger partial charge in [-0.1, -0.05) is 0 Å². The smallest absolute Gasteiger partial charge is 0.356 e. The minimum absolute atomic E-state index is 0.0377. The molecule has 1 aliphatic heterocycles. The van der Waals surface area contributed by atoms with E-state index in [2.05, 4.69) is 5.32 Å². The minimum atomic E-state index is -4.22. The number of hydrogen-bond donors (Lipinski definition) is 2. The highest BCUT2D eigenvalue weighted by Crippen LogP contribution is 2.30. The first-order valence-corrected chi connectivity index (χ1v) is 6.60. The van der Waals surface area contributed by atoms with E-state index in [4.69, 9.17) is 5.73 Å². The summed E-state index contributed by atoms with van der Waals surface area (Å²) in [5.74, 6) is 0.172. The Labute approximate surface area is 111 Å². The highest BCUT2D eigenvalue weighted by atomic mass is 19.4. The van der Waals surface area contributed by atoms with E-state index in [0.717, 1.165) is 0 Å². The third kappa shape index (κ3) is 5.36. The zero-order chi connectivity index (χ0) is 14.5. The van der Waals surface area contributed by atoms with Crippen LogP contribution in [0, 0.1) is 5.92 Å². The molecular formula is C12H22F3N3O. The molecular weight excluding hydrogens is 259 g/mol. The van der Waals surface area contributed by atoms with Crippen LogP contribution in [0.1, 0.15) is 26.2 Å². The third-order valence-electron chi connectivity index (χ3n) is 3.55. The van der Waals surface area contributed by atoms with Crippen LogP contribution in [0.15, 0.2) is 0 Å². The number of nitrogens with one attached hydrogen (secondary N) is 1. The van der Waals surface area contributed by atoms with Crippen LogP contribution < -0.4 is 11.1 Å². The first kappa shape index (κ1) is 16.2. The number of carbonyl (C=O) groups excluding carboxylic acids is 1. The normalized spacial score (nSPS) is 20.3. The highest BCUT2D eigenvalue weighted by Gasteiger charge is 2.43. The van der Waals surface area contributed by atoms with Crippen molar-refractivity contribution in [2.45, 2.75) is 38.4 Å². The standard InChI is InChI=1S/C12H22F3N3O/c1-9(19)17-8-10-3-6-18(7-4-10)11(2-5-16)12(13,14)15/h10-11H,2-8,16H2,1H3,(H,17,19). The lowest BCUT2D eigenvalue weighted by Gasteiger charge is -2.38. The van der Waals surface area contributed by atoms with Gasteiger partial charge in [-0.05, 0) is 44.8 Å². The van der Waals surface area contributed by atoms with Crippen LogP contribution in [0.3, 0.4) is 0 Å². The Morgan fingerprint density at radius 3 is 2.42 bits per heavy atom. The largest absolute Gasteiger partial charge is 0.404 e. The number of likely N-dealkylation sites (tertiary alicyclic amines) is 1. The van der Waals surface area contributed by atoms with E-state index in [9.17, 15) is 18.0 Å². The molecule has 0 aromatic carbocycles. The van der Waals surface area contributed by atoms with E-state index >= 15 is 0 Å². The molecule has 1 unspecified atom stereocenters. The summed E-state index contributed by atoms with van der Waals surface area (Å²) in [6.07, 6.45) is -2.92. The fraction of sp³-hybridized carbons (Fsp3) is 0.917. The maximum absolute atomic E-state index is 12.9. The van der Waals surface area contributed by atoms with Crippen molar-refractivity contribution in [3.05, 3.63) is 0 Å². The SMILES string of the molecule is CC(=O)NCC1CCN(C(CCN)C(F)(F)F)CC1. The second-order valence-electron chi connectivity index (χ2n) is 5.05. The van der Waals surface area contributed by atoms with E-state index in [1.165, 1.54) is 11.8 Å². The van der Waals surface area contributed by atoms with E-state index < -0.39 is 12.2 Å². The van der Waals surface area contributed by atoms with Crippen LogP contribution in [0.2, 0.25) is 0 Å². The van der Waals surface area contributed by atoms with Crippen LogP contribution in [-0.2, 0) is 4.79 Å². The molecule has 19 heavy (non-hydrogen) atoms. The van der Waals surface area contributed by atoms with Crippen LogP contribution in [0.5, 0.6) is 0 Å². The average Bonchev–Trinajstić information content (AvgIpc) is 2.33. The number of rotatable bonds is 5. The number of halogens is 3. The first-order valence-electron chi connectivity index (χ1n) is 6.60. The minimum Gasteiger partial charge on any atom is -0.356 e. The molecule has 1 amide bonds. The lowest BCUT2D eigenvalue weighted by Crippen LogP contribution is -2.50. The van der Waals surface area contributed by atoms with Gasteiger partial charge in [0.1, 0.15) is 6.04 Å². The number of alkyl halides is 3. The second kappa shape index (κ2) is 7.09. The molecule has 0 bridgehead atoms. The zero-order valence-electron chi connectivity index (χ0n) is 11.2. The van der Waals surface area contributed by atoms with Gasteiger partial charge >= 0.3 is 6.18 Å². The number of nitrogens with two attached hydrogens (primary N) is 1. The highest BCUT2D eigenvalue weighted by molar-refractivity contribution is 5.72. The molecule has 1 heterocycles. The quantitative estimate of drug-likeness (QED) is 0.794. The van der Waals surface area contributed by atoms with E-state index in [0.29, 0.717) is 32.5 Å². The number of carbonyl (C=O) groups is 1. The maximum atomic E-state index is 12.9. The molecule has 7 heteroatoms. The topological polar surface area (TPSA) is 58.4 Å². The molecule has 0 aromatic rings. The lowest BCUT2D eigenvalue weighted by molar-refractivity contribution is -0.188. The number of amides is 1. The van der Waals surface area contributed by atoms with Crippen molar-refractivity contribution in [2.75, 3.05) is 26.2 Å². The number of piperidine rings is 1. The molecule has 1 atom stereocenters. The van der Waals surface area contributed by atoms with Gasteiger partial charge in [-0.2, -0.15) is 13.2 Å². The van der Waals surface area contributed by atoms with Crippen molar-refractivity contribution in [1.29, 1.82) is 0 Å². The molecule has 0 aromatic heterocycles.